The lowest BCUT2D eigenvalue weighted by Gasteiger charge is -2.21. The molecule has 5 heteroatoms. The third-order valence-corrected chi connectivity index (χ3v) is 5.18. The second kappa shape index (κ2) is 8.05. The highest BCUT2D eigenvalue weighted by Gasteiger charge is 2.27. The molecule has 0 atom stereocenters. The first-order valence-corrected chi connectivity index (χ1v) is 9.59. The van der Waals surface area contributed by atoms with E-state index in [0.717, 1.165) is 41.0 Å². The van der Waals surface area contributed by atoms with Gasteiger partial charge in [-0.3, -0.25) is 4.79 Å². The first kappa shape index (κ1) is 19.9. The van der Waals surface area contributed by atoms with Crippen molar-refractivity contribution in [3.8, 4) is 17.1 Å². The van der Waals surface area contributed by atoms with Crippen molar-refractivity contribution < 1.29 is 14.3 Å². The maximum atomic E-state index is 11.7. The number of nitrogens with one attached hydrogen (secondary N) is 1. The van der Waals surface area contributed by atoms with Crippen LogP contribution in [-0.2, 0) is 9.53 Å². The number of hydrogen-bond donors (Lipinski definition) is 1. The molecule has 0 aliphatic rings. The number of H-pyrrole nitrogens is 1. The normalized spacial score (nSPS) is 11.6. The summed E-state index contributed by atoms with van der Waals surface area (Å²) in [6, 6.07) is 12.2. The molecule has 0 saturated carbocycles. The molecule has 148 valence electrons. The van der Waals surface area contributed by atoms with Crippen LogP contribution in [0.2, 0.25) is 0 Å². The smallest absolute Gasteiger partial charge is 0.311 e. The number of ether oxygens (including phenoxy) is 2. The molecule has 28 heavy (non-hydrogen) atoms. The van der Waals surface area contributed by atoms with Gasteiger partial charge in [0.15, 0.2) is 0 Å². The van der Waals surface area contributed by atoms with Crippen LogP contribution in [0.1, 0.15) is 37.8 Å². The van der Waals surface area contributed by atoms with Gasteiger partial charge in [0.1, 0.15) is 11.6 Å². The van der Waals surface area contributed by atoms with Gasteiger partial charge in [-0.25, -0.2) is 4.98 Å². The highest BCUT2D eigenvalue weighted by molar-refractivity contribution is 5.81. The van der Waals surface area contributed by atoms with Crippen molar-refractivity contribution in [2.75, 3.05) is 13.7 Å². The number of carbonyl (C=O) groups is 1. The largest absolute Gasteiger partial charge is 0.494 e. The number of aromatic amines is 1. The van der Waals surface area contributed by atoms with Crippen LogP contribution in [0.25, 0.3) is 22.4 Å². The monoisotopic (exact) mass is 380 g/mol. The number of rotatable bonds is 7. The van der Waals surface area contributed by atoms with Gasteiger partial charge in [-0.1, -0.05) is 0 Å². The fraction of sp³-hybridized carbons (Fsp3) is 0.391. The van der Waals surface area contributed by atoms with E-state index in [2.05, 4.69) is 31.0 Å². The third-order valence-electron chi connectivity index (χ3n) is 5.18. The van der Waals surface area contributed by atoms with Crippen LogP contribution in [0.15, 0.2) is 36.4 Å². The van der Waals surface area contributed by atoms with Gasteiger partial charge < -0.3 is 14.5 Å². The van der Waals surface area contributed by atoms with Crippen LogP contribution in [0, 0.1) is 19.3 Å². The van der Waals surface area contributed by atoms with Crippen LogP contribution in [0.4, 0.5) is 0 Å². The molecule has 0 spiro atoms. The van der Waals surface area contributed by atoms with Gasteiger partial charge in [0.25, 0.3) is 0 Å². The highest BCUT2D eigenvalue weighted by atomic mass is 16.5. The van der Waals surface area contributed by atoms with E-state index in [1.54, 1.807) is 0 Å². The number of imidazole rings is 1. The van der Waals surface area contributed by atoms with Crippen molar-refractivity contribution in [2.24, 2.45) is 5.41 Å². The van der Waals surface area contributed by atoms with E-state index in [1.807, 2.05) is 38.1 Å². The molecule has 0 fully saturated rings. The molecule has 0 aliphatic carbocycles. The van der Waals surface area contributed by atoms with Gasteiger partial charge in [0.2, 0.25) is 0 Å². The molecule has 1 N–H and O–H groups in total. The number of fused-ring (bicyclic) bond motifs is 1. The van der Waals surface area contributed by atoms with Crippen LogP contribution in [-0.4, -0.2) is 29.7 Å². The number of nitrogens with zero attached hydrogens (tertiary/aromatic N) is 1. The average Bonchev–Trinajstić information content (AvgIpc) is 3.08. The molecule has 0 amide bonds. The van der Waals surface area contributed by atoms with E-state index < -0.39 is 5.41 Å². The van der Waals surface area contributed by atoms with Crippen LogP contribution in [0.3, 0.4) is 0 Å². The predicted octanol–water partition coefficient (Wildman–Crippen LogP) is 5.20. The van der Waals surface area contributed by atoms with Crippen molar-refractivity contribution in [3.05, 3.63) is 47.5 Å². The summed E-state index contributed by atoms with van der Waals surface area (Å²) in [7, 11) is 1.42. The number of aryl methyl sites for hydroxylation is 2. The summed E-state index contributed by atoms with van der Waals surface area (Å²) >= 11 is 0. The maximum Gasteiger partial charge on any atom is 0.311 e. The lowest BCUT2D eigenvalue weighted by molar-refractivity contribution is -0.151. The number of esters is 1. The zero-order valence-corrected chi connectivity index (χ0v) is 17.3. The summed E-state index contributed by atoms with van der Waals surface area (Å²) in [4.78, 5) is 19.8. The Bertz CT molecular complexity index is 932. The molecular weight excluding hydrogens is 352 g/mol. The first-order valence-electron chi connectivity index (χ1n) is 9.59. The number of methoxy groups -OCH3 is 1. The van der Waals surface area contributed by atoms with Gasteiger partial charge in [-0.2, -0.15) is 0 Å². The Morgan fingerprint density at radius 2 is 1.79 bits per heavy atom. The summed E-state index contributed by atoms with van der Waals surface area (Å²) in [5.74, 6) is 1.47. The summed E-state index contributed by atoms with van der Waals surface area (Å²) in [6.45, 7) is 8.55. The van der Waals surface area contributed by atoms with Crippen LogP contribution in [0.5, 0.6) is 5.75 Å². The number of aromatic nitrogens is 2. The van der Waals surface area contributed by atoms with E-state index in [0.29, 0.717) is 6.61 Å². The van der Waals surface area contributed by atoms with E-state index in [1.165, 1.54) is 18.2 Å². The predicted molar refractivity (Wildman–Crippen MR) is 112 cm³/mol. The number of benzene rings is 2. The molecule has 1 heterocycles. The van der Waals surface area contributed by atoms with Gasteiger partial charge in [-0.15, -0.1) is 0 Å². The summed E-state index contributed by atoms with van der Waals surface area (Å²) < 4.78 is 10.6. The second-order valence-corrected chi connectivity index (χ2v) is 7.89. The highest BCUT2D eigenvalue weighted by Crippen LogP contribution is 2.26. The van der Waals surface area contributed by atoms with Crippen LogP contribution >= 0.6 is 0 Å². The minimum atomic E-state index is -0.486. The van der Waals surface area contributed by atoms with Crippen molar-refractivity contribution in [3.63, 3.8) is 0 Å². The zero-order chi connectivity index (χ0) is 20.3. The average molecular weight is 380 g/mol. The summed E-state index contributed by atoms with van der Waals surface area (Å²) in [6.07, 6.45) is 1.50. The van der Waals surface area contributed by atoms with E-state index in [9.17, 15) is 4.79 Å². The van der Waals surface area contributed by atoms with Crippen molar-refractivity contribution in [1.82, 2.24) is 9.97 Å². The SMILES string of the molecule is COC(=O)C(C)(C)CCCOc1ccc(-c2nc3cc(C)c(C)cc3[nH]2)cc1. The minimum absolute atomic E-state index is 0.187. The molecule has 0 aliphatic heterocycles. The fourth-order valence-electron chi connectivity index (χ4n) is 3.20. The summed E-state index contributed by atoms with van der Waals surface area (Å²) in [5.41, 5.74) is 5.05. The topological polar surface area (TPSA) is 64.2 Å². The first-order chi connectivity index (χ1) is 13.3. The maximum absolute atomic E-state index is 11.7. The molecule has 0 radical (unpaired) electrons. The zero-order valence-electron chi connectivity index (χ0n) is 17.3. The van der Waals surface area contributed by atoms with E-state index in [4.69, 9.17) is 14.5 Å². The van der Waals surface area contributed by atoms with Gasteiger partial charge >= 0.3 is 5.97 Å². The van der Waals surface area contributed by atoms with Gasteiger partial charge in [-0.05, 0) is 88.1 Å². The minimum Gasteiger partial charge on any atom is -0.494 e. The molecule has 0 bridgehead atoms. The van der Waals surface area contributed by atoms with Gasteiger partial charge in [0, 0.05) is 5.56 Å². The Morgan fingerprint density at radius 1 is 1.11 bits per heavy atom. The molecule has 3 aromatic rings. The second-order valence-electron chi connectivity index (χ2n) is 7.89. The molecule has 3 rings (SSSR count). The van der Waals surface area contributed by atoms with Crippen molar-refractivity contribution in [2.45, 2.75) is 40.5 Å². The Hall–Kier alpha value is -2.82. The molecule has 2 aromatic carbocycles. The number of hydrogen-bond acceptors (Lipinski definition) is 4. The lowest BCUT2D eigenvalue weighted by atomic mass is 9.88. The van der Waals surface area contributed by atoms with Crippen molar-refractivity contribution in [1.29, 1.82) is 0 Å². The van der Waals surface area contributed by atoms with E-state index >= 15 is 0 Å². The molecular formula is C23H28N2O3. The summed E-state index contributed by atoms with van der Waals surface area (Å²) in [5, 5.41) is 0. The molecule has 5 nitrogen and oxygen atoms in total. The van der Waals surface area contributed by atoms with Crippen LogP contribution < -0.4 is 4.74 Å². The quantitative estimate of drug-likeness (QED) is 0.452. The number of carbonyl (C=O) groups excluding carboxylic acids is 1. The van der Waals surface area contributed by atoms with E-state index in [-0.39, 0.29) is 5.97 Å². The third kappa shape index (κ3) is 4.35. The Balaban J connectivity index is 1.60. The Kier molecular flexibility index (Phi) is 5.73. The van der Waals surface area contributed by atoms with Crippen molar-refractivity contribution >= 4 is 17.0 Å². The molecule has 0 saturated heterocycles. The fourth-order valence-corrected chi connectivity index (χ4v) is 3.20. The Labute approximate surface area is 166 Å². The molecule has 0 unspecified atom stereocenters. The lowest BCUT2D eigenvalue weighted by Crippen LogP contribution is -2.26. The molecule has 1 aromatic heterocycles. The standard InChI is InChI=1S/C23H28N2O3/c1-15-13-19-20(14-16(15)2)25-21(24-19)17-7-9-18(10-8-17)28-12-6-11-23(3,4)22(26)27-5/h7-10,13-14H,6,11-12H2,1-5H3,(H,24,25). The Morgan fingerprint density at radius 3 is 2.46 bits per heavy atom. The van der Waals surface area contributed by atoms with Gasteiger partial charge in [0.05, 0.1) is 30.2 Å².